The highest BCUT2D eigenvalue weighted by atomic mass is 79.9. The average molecular weight is 540 g/mol. The number of thiophene rings is 1. The van der Waals surface area contributed by atoms with Gasteiger partial charge in [-0.15, -0.1) is 11.3 Å². The standard InChI is InChI=1S/C25H22BrN3O4S/c1-3-18(15-8-6-5-7-9-15)22(30)27-23-20-19(14-34-23)21(25(32)33-4-2)28-29(24(20)31)17-12-10-16(26)11-13-17/h5-14,18H,3-4H2,1-2H3,(H,27,30). The van der Waals surface area contributed by atoms with Gasteiger partial charge in [-0.2, -0.15) is 9.78 Å². The maximum atomic E-state index is 13.5. The summed E-state index contributed by atoms with van der Waals surface area (Å²) in [5.74, 6) is -1.23. The van der Waals surface area contributed by atoms with Gasteiger partial charge in [-0.05, 0) is 43.2 Å². The molecule has 0 bridgehead atoms. The average Bonchev–Trinajstić information content (AvgIpc) is 3.25. The molecule has 4 rings (SSSR count). The second-order valence-electron chi connectivity index (χ2n) is 7.48. The summed E-state index contributed by atoms with van der Waals surface area (Å²) >= 11 is 4.56. The lowest BCUT2D eigenvalue weighted by Gasteiger charge is -2.15. The van der Waals surface area contributed by atoms with Crippen LogP contribution in [-0.4, -0.2) is 28.3 Å². The fraction of sp³-hybridized carbons (Fsp3) is 0.200. The first kappa shape index (κ1) is 23.8. The zero-order chi connectivity index (χ0) is 24.2. The maximum absolute atomic E-state index is 13.5. The van der Waals surface area contributed by atoms with E-state index in [-0.39, 0.29) is 29.5 Å². The van der Waals surface area contributed by atoms with Crippen molar-refractivity contribution in [2.75, 3.05) is 11.9 Å². The molecule has 2 heterocycles. The number of anilines is 1. The zero-order valence-corrected chi connectivity index (χ0v) is 21.0. The molecule has 9 heteroatoms. The summed E-state index contributed by atoms with van der Waals surface area (Å²) in [6.45, 7) is 3.81. The maximum Gasteiger partial charge on any atom is 0.359 e. The molecule has 1 unspecified atom stereocenters. The van der Waals surface area contributed by atoms with E-state index in [9.17, 15) is 14.4 Å². The van der Waals surface area contributed by atoms with E-state index < -0.39 is 11.5 Å². The predicted molar refractivity (Wildman–Crippen MR) is 137 cm³/mol. The van der Waals surface area contributed by atoms with Gasteiger partial charge >= 0.3 is 5.97 Å². The summed E-state index contributed by atoms with van der Waals surface area (Å²) in [7, 11) is 0. The Hall–Kier alpha value is -3.30. The third-order valence-electron chi connectivity index (χ3n) is 5.36. The second kappa shape index (κ2) is 10.3. The van der Waals surface area contributed by atoms with E-state index in [4.69, 9.17) is 4.74 Å². The zero-order valence-electron chi connectivity index (χ0n) is 18.6. The van der Waals surface area contributed by atoms with Gasteiger partial charge in [0.25, 0.3) is 5.56 Å². The van der Waals surface area contributed by atoms with Crippen LogP contribution in [0.1, 0.15) is 42.2 Å². The molecule has 0 spiro atoms. The highest BCUT2D eigenvalue weighted by molar-refractivity contribution is 9.10. The third-order valence-corrected chi connectivity index (χ3v) is 6.78. The van der Waals surface area contributed by atoms with Gasteiger partial charge in [0.2, 0.25) is 5.91 Å². The van der Waals surface area contributed by atoms with Crippen LogP contribution in [-0.2, 0) is 9.53 Å². The number of carbonyl (C=O) groups is 2. The molecular weight excluding hydrogens is 518 g/mol. The molecule has 0 aliphatic rings. The number of esters is 1. The molecule has 0 fully saturated rings. The lowest BCUT2D eigenvalue weighted by Crippen LogP contribution is -2.26. The van der Waals surface area contributed by atoms with Gasteiger partial charge in [0, 0.05) is 15.2 Å². The summed E-state index contributed by atoms with van der Waals surface area (Å²) in [4.78, 5) is 39.4. The van der Waals surface area contributed by atoms with Crippen LogP contribution in [0.2, 0.25) is 0 Å². The van der Waals surface area contributed by atoms with Crippen molar-refractivity contribution in [1.82, 2.24) is 9.78 Å². The Labute approximate surface area is 208 Å². The van der Waals surface area contributed by atoms with E-state index in [2.05, 4.69) is 26.3 Å². The highest BCUT2D eigenvalue weighted by Crippen LogP contribution is 2.32. The van der Waals surface area contributed by atoms with Gasteiger partial charge in [0.15, 0.2) is 5.69 Å². The Morgan fingerprint density at radius 1 is 1.12 bits per heavy atom. The minimum atomic E-state index is -0.634. The van der Waals surface area contributed by atoms with Crippen LogP contribution < -0.4 is 10.9 Å². The van der Waals surface area contributed by atoms with E-state index in [0.717, 1.165) is 14.7 Å². The molecule has 0 aliphatic heterocycles. The van der Waals surface area contributed by atoms with Crippen molar-refractivity contribution < 1.29 is 14.3 Å². The van der Waals surface area contributed by atoms with Gasteiger partial charge in [0.1, 0.15) is 5.00 Å². The lowest BCUT2D eigenvalue weighted by atomic mass is 9.96. The second-order valence-corrected chi connectivity index (χ2v) is 9.27. The molecular formula is C25H22BrN3O4S. The summed E-state index contributed by atoms with van der Waals surface area (Å²) in [5, 5.41) is 9.84. The number of hydrogen-bond donors (Lipinski definition) is 1. The first-order chi connectivity index (χ1) is 16.4. The normalized spacial score (nSPS) is 11.9. The molecule has 2 aromatic heterocycles. The number of aromatic nitrogens is 2. The van der Waals surface area contributed by atoms with Crippen molar-refractivity contribution in [3.8, 4) is 5.69 Å². The predicted octanol–water partition coefficient (Wildman–Crippen LogP) is 5.52. The van der Waals surface area contributed by atoms with E-state index >= 15 is 0 Å². The van der Waals surface area contributed by atoms with E-state index in [1.165, 1.54) is 11.3 Å². The Balaban J connectivity index is 1.84. The van der Waals surface area contributed by atoms with Crippen LogP contribution in [0.25, 0.3) is 16.5 Å². The molecule has 0 radical (unpaired) electrons. The molecule has 0 aliphatic carbocycles. The number of carbonyl (C=O) groups excluding carboxylic acids is 2. The molecule has 34 heavy (non-hydrogen) atoms. The van der Waals surface area contributed by atoms with Gasteiger partial charge < -0.3 is 10.1 Å². The Morgan fingerprint density at radius 3 is 2.47 bits per heavy atom. The van der Waals surface area contributed by atoms with Gasteiger partial charge in [0.05, 0.1) is 23.6 Å². The van der Waals surface area contributed by atoms with Gasteiger partial charge in [-0.25, -0.2) is 4.79 Å². The largest absolute Gasteiger partial charge is 0.461 e. The Morgan fingerprint density at radius 2 is 1.82 bits per heavy atom. The van der Waals surface area contributed by atoms with E-state index in [1.807, 2.05) is 37.3 Å². The molecule has 1 amide bonds. The van der Waals surface area contributed by atoms with Crippen LogP contribution >= 0.6 is 27.3 Å². The molecule has 0 saturated heterocycles. The highest BCUT2D eigenvalue weighted by Gasteiger charge is 2.25. The van der Waals surface area contributed by atoms with E-state index in [0.29, 0.717) is 22.5 Å². The van der Waals surface area contributed by atoms with Gasteiger partial charge in [-0.1, -0.05) is 53.2 Å². The summed E-state index contributed by atoms with van der Waals surface area (Å²) in [6, 6.07) is 16.5. The monoisotopic (exact) mass is 539 g/mol. The number of fused-ring (bicyclic) bond motifs is 1. The number of amides is 1. The molecule has 1 N–H and O–H groups in total. The van der Waals surface area contributed by atoms with Crippen molar-refractivity contribution in [1.29, 1.82) is 0 Å². The van der Waals surface area contributed by atoms with Crippen molar-refractivity contribution in [3.05, 3.63) is 86.1 Å². The van der Waals surface area contributed by atoms with Crippen LogP contribution in [0, 0.1) is 0 Å². The smallest absolute Gasteiger partial charge is 0.359 e. The number of rotatable bonds is 7. The van der Waals surface area contributed by atoms with Crippen molar-refractivity contribution >= 4 is 54.9 Å². The van der Waals surface area contributed by atoms with Crippen molar-refractivity contribution in [2.24, 2.45) is 0 Å². The minimum Gasteiger partial charge on any atom is -0.461 e. The fourth-order valence-corrected chi connectivity index (χ4v) is 4.91. The number of halogens is 1. The third kappa shape index (κ3) is 4.67. The van der Waals surface area contributed by atoms with Crippen LogP contribution in [0.3, 0.4) is 0 Å². The topological polar surface area (TPSA) is 90.3 Å². The summed E-state index contributed by atoms with van der Waals surface area (Å²) in [6.07, 6.45) is 0.595. The quantitative estimate of drug-likeness (QED) is 0.312. The molecule has 1 atom stereocenters. The van der Waals surface area contributed by atoms with Crippen molar-refractivity contribution in [3.63, 3.8) is 0 Å². The SMILES string of the molecule is CCOC(=O)c1nn(-c2ccc(Br)cc2)c(=O)c2c(NC(=O)C(CC)c3ccccc3)scc12. The summed E-state index contributed by atoms with van der Waals surface area (Å²) in [5.41, 5.74) is 0.963. The number of ether oxygens (including phenoxy) is 1. The lowest BCUT2D eigenvalue weighted by molar-refractivity contribution is -0.117. The number of nitrogens with one attached hydrogen (secondary N) is 1. The molecule has 7 nitrogen and oxygen atoms in total. The first-order valence-electron chi connectivity index (χ1n) is 10.8. The first-order valence-corrected chi connectivity index (χ1v) is 12.4. The van der Waals surface area contributed by atoms with E-state index in [1.54, 1.807) is 36.6 Å². The van der Waals surface area contributed by atoms with Gasteiger partial charge in [-0.3, -0.25) is 9.59 Å². The number of hydrogen-bond acceptors (Lipinski definition) is 6. The van der Waals surface area contributed by atoms with Crippen LogP contribution in [0.5, 0.6) is 0 Å². The Kier molecular flexibility index (Phi) is 7.23. The molecule has 0 saturated carbocycles. The fourth-order valence-electron chi connectivity index (χ4n) is 3.71. The van der Waals surface area contributed by atoms with Crippen LogP contribution in [0.15, 0.2) is 69.2 Å². The molecule has 2 aromatic carbocycles. The Bertz CT molecular complexity index is 1400. The van der Waals surface area contributed by atoms with Crippen LogP contribution in [0.4, 0.5) is 5.00 Å². The molecule has 4 aromatic rings. The molecule has 174 valence electrons. The minimum absolute atomic E-state index is 0.0196. The number of nitrogens with zero attached hydrogens (tertiary/aromatic N) is 2. The van der Waals surface area contributed by atoms with Crippen molar-refractivity contribution in [2.45, 2.75) is 26.2 Å². The number of benzene rings is 2. The summed E-state index contributed by atoms with van der Waals surface area (Å²) < 4.78 is 7.19.